The molecule has 2 amide bonds. The first kappa shape index (κ1) is 22.8. The Morgan fingerprint density at radius 1 is 1.00 bits per heavy atom. The van der Waals surface area contributed by atoms with Gasteiger partial charge in [-0.2, -0.15) is 0 Å². The Bertz CT molecular complexity index is 1270. The van der Waals surface area contributed by atoms with Gasteiger partial charge in [0.05, 0.1) is 32.8 Å². The highest BCUT2D eigenvalue weighted by Gasteiger charge is 2.46. The number of nitrogens with zero attached hydrogens (tertiary/aromatic N) is 1. The summed E-state index contributed by atoms with van der Waals surface area (Å²) in [5.74, 6) is 1.13. The fraction of sp³-hybridized carbons (Fsp3) is 0.286. The fourth-order valence-corrected chi connectivity index (χ4v) is 5.16. The maximum absolute atomic E-state index is 13.9. The van der Waals surface area contributed by atoms with Gasteiger partial charge in [0.15, 0.2) is 11.5 Å². The summed E-state index contributed by atoms with van der Waals surface area (Å²) in [5, 5.41) is 3.06. The van der Waals surface area contributed by atoms with E-state index < -0.39 is 12.0 Å². The van der Waals surface area contributed by atoms with E-state index in [1.54, 1.807) is 20.3 Å². The summed E-state index contributed by atoms with van der Waals surface area (Å²) in [6, 6.07) is 18.1. The lowest BCUT2D eigenvalue weighted by Crippen LogP contribution is -2.49. The van der Waals surface area contributed by atoms with E-state index in [1.807, 2.05) is 66.4 Å². The van der Waals surface area contributed by atoms with Crippen LogP contribution < -0.4 is 19.5 Å². The molecule has 0 bridgehead atoms. The molecule has 0 spiro atoms. The van der Waals surface area contributed by atoms with Crippen LogP contribution in [0.3, 0.4) is 0 Å². The minimum absolute atomic E-state index is 0.0591. The number of hydrogen-bond donors (Lipinski definition) is 1. The number of fused-ring (bicyclic) bond motifs is 4. The third-order valence-electron chi connectivity index (χ3n) is 6.74. The molecule has 0 fully saturated rings. The molecule has 5 rings (SSSR count). The molecule has 0 saturated heterocycles. The minimum Gasteiger partial charge on any atom is -0.494 e. The highest BCUT2D eigenvalue weighted by Crippen LogP contribution is 2.48. The summed E-state index contributed by atoms with van der Waals surface area (Å²) in [6.45, 7) is 3.02. The Labute approximate surface area is 204 Å². The number of carbonyl (C=O) groups excluding carboxylic acids is 2. The normalized spacial score (nSPS) is 18.1. The van der Waals surface area contributed by atoms with Gasteiger partial charge in [-0.05, 0) is 72.5 Å². The van der Waals surface area contributed by atoms with E-state index in [9.17, 15) is 9.59 Å². The Balaban J connectivity index is 1.59. The number of anilines is 1. The fourth-order valence-electron chi connectivity index (χ4n) is 5.16. The van der Waals surface area contributed by atoms with Crippen molar-refractivity contribution < 1.29 is 23.8 Å². The monoisotopic (exact) mass is 472 g/mol. The predicted octanol–water partition coefficient (Wildman–Crippen LogP) is 4.58. The van der Waals surface area contributed by atoms with E-state index in [2.05, 4.69) is 5.32 Å². The van der Waals surface area contributed by atoms with E-state index in [4.69, 9.17) is 14.2 Å². The lowest BCUT2D eigenvalue weighted by Gasteiger charge is -2.45. The summed E-state index contributed by atoms with van der Waals surface area (Å²) in [6.07, 6.45) is 0.674. The van der Waals surface area contributed by atoms with Crippen LogP contribution in [0.15, 0.2) is 60.7 Å². The number of benzene rings is 3. The van der Waals surface area contributed by atoms with E-state index in [0.717, 1.165) is 22.4 Å². The number of methoxy groups -OCH3 is 2. The number of carbonyl (C=O) groups is 2. The second-order valence-electron chi connectivity index (χ2n) is 8.61. The van der Waals surface area contributed by atoms with Crippen LogP contribution in [-0.4, -0.2) is 44.1 Å². The zero-order valence-electron chi connectivity index (χ0n) is 20.0. The van der Waals surface area contributed by atoms with Gasteiger partial charge in [0.1, 0.15) is 5.75 Å². The second-order valence-corrected chi connectivity index (χ2v) is 8.61. The Hall–Kier alpha value is -4.00. The molecule has 2 heterocycles. The van der Waals surface area contributed by atoms with Gasteiger partial charge in [0.25, 0.3) is 5.91 Å². The summed E-state index contributed by atoms with van der Waals surface area (Å²) < 4.78 is 16.6. The quantitative estimate of drug-likeness (QED) is 0.568. The molecule has 0 aromatic heterocycles. The molecule has 7 heteroatoms. The maximum Gasteiger partial charge on any atom is 0.254 e. The van der Waals surface area contributed by atoms with E-state index in [1.165, 1.54) is 0 Å². The van der Waals surface area contributed by atoms with Gasteiger partial charge in [-0.3, -0.25) is 9.59 Å². The standard InChI is InChI=1S/C28H28N2O5/c1-4-35-19-11-9-18(10-12-19)29-27(31)25-20-7-5-6-8-21(20)28(32)30-14-13-17-15-23(33-2)24(34-3)16-22(17)26(25)30/h5-12,15-16,25-26H,4,13-14H2,1-3H3,(H,29,31)/t25-,26-/m0/s1. The van der Waals surface area contributed by atoms with E-state index in [0.29, 0.717) is 42.3 Å². The van der Waals surface area contributed by atoms with Crippen molar-refractivity contribution in [2.24, 2.45) is 0 Å². The van der Waals surface area contributed by atoms with Gasteiger partial charge in [-0.1, -0.05) is 18.2 Å². The lowest BCUT2D eigenvalue weighted by atomic mass is 9.75. The zero-order chi connectivity index (χ0) is 24.5. The van der Waals surface area contributed by atoms with Crippen molar-refractivity contribution in [1.82, 2.24) is 4.90 Å². The van der Waals surface area contributed by atoms with Crippen LogP contribution in [-0.2, 0) is 11.2 Å². The van der Waals surface area contributed by atoms with Crippen molar-refractivity contribution in [3.05, 3.63) is 82.9 Å². The van der Waals surface area contributed by atoms with Gasteiger partial charge in [0, 0.05) is 17.8 Å². The molecule has 0 saturated carbocycles. The average Bonchev–Trinajstić information content (AvgIpc) is 2.89. The summed E-state index contributed by atoms with van der Waals surface area (Å²) in [5.41, 5.74) is 3.92. The molecular weight excluding hydrogens is 444 g/mol. The SMILES string of the molecule is CCOc1ccc(NC(=O)[C@H]2c3ccccc3C(=O)N3CCc4cc(OC)c(OC)cc4[C@@H]23)cc1. The molecular formula is C28H28N2O5. The molecule has 2 aliphatic rings. The highest BCUT2D eigenvalue weighted by molar-refractivity contribution is 6.04. The van der Waals surface area contributed by atoms with Crippen LogP contribution in [0.2, 0.25) is 0 Å². The molecule has 35 heavy (non-hydrogen) atoms. The smallest absolute Gasteiger partial charge is 0.254 e. The molecule has 180 valence electrons. The first-order chi connectivity index (χ1) is 17.0. The Morgan fingerprint density at radius 3 is 2.43 bits per heavy atom. The van der Waals surface area contributed by atoms with Crippen LogP contribution in [0.5, 0.6) is 17.2 Å². The minimum atomic E-state index is -0.590. The van der Waals surface area contributed by atoms with Crippen LogP contribution in [0.4, 0.5) is 5.69 Å². The largest absolute Gasteiger partial charge is 0.494 e. The number of rotatable bonds is 6. The molecule has 2 atom stereocenters. The van der Waals surface area contributed by atoms with Crippen molar-refractivity contribution in [2.75, 3.05) is 32.7 Å². The number of hydrogen-bond acceptors (Lipinski definition) is 5. The van der Waals surface area contributed by atoms with Crippen molar-refractivity contribution in [3.63, 3.8) is 0 Å². The predicted molar refractivity (Wildman–Crippen MR) is 132 cm³/mol. The van der Waals surface area contributed by atoms with Crippen LogP contribution in [0.25, 0.3) is 0 Å². The van der Waals surface area contributed by atoms with Crippen molar-refractivity contribution >= 4 is 17.5 Å². The lowest BCUT2D eigenvalue weighted by molar-refractivity contribution is -0.119. The van der Waals surface area contributed by atoms with E-state index >= 15 is 0 Å². The summed E-state index contributed by atoms with van der Waals surface area (Å²) >= 11 is 0. The Kier molecular flexibility index (Phi) is 6.07. The highest BCUT2D eigenvalue weighted by atomic mass is 16.5. The van der Waals surface area contributed by atoms with E-state index in [-0.39, 0.29) is 11.8 Å². The average molecular weight is 473 g/mol. The Morgan fingerprint density at radius 2 is 1.71 bits per heavy atom. The molecule has 1 N–H and O–H groups in total. The number of ether oxygens (including phenoxy) is 3. The third kappa shape index (κ3) is 3.97. The van der Waals surface area contributed by atoms with Gasteiger partial charge < -0.3 is 24.4 Å². The molecule has 2 aliphatic heterocycles. The van der Waals surface area contributed by atoms with Crippen LogP contribution >= 0.6 is 0 Å². The first-order valence-corrected chi connectivity index (χ1v) is 11.7. The zero-order valence-corrected chi connectivity index (χ0v) is 20.0. The van der Waals surface area contributed by atoms with Crippen molar-refractivity contribution in [1.29, 1.82) is 0 Å². The van der Waals surface area contributed by atoms with Crippen molar-refractivity contribution in [2.45, 2.75) is 25.3 Å². The van der Waals surface area contributed by atoms with Gasteiger partial charge in [-0.25, -0.2) is 0 Å². The van der Waals surface area contributed by atoms with Crippen molar-refractivity contribution in [3.8, 4) is 17.2 Å². The number of nitrogens with one attached hydrogen (secondary N) is 1. The summed E-state index contributed by atoms with van der Waals surface area (Å²) in [4.78, 5) is 29.2. The molecule has 3 aromatic rings. The first-order valence-electron chi connectivity index (χ1n) is 11.7. The third-order valence-corrected chi connectivity index (χ3v) is 6.74. The molecule has 3 aromatic carbocycles. The molecule has 0 aliphatic carbocycles. The molecule has 0 unspecified atom stereocenters. The maximum atomic E-state index is 13.9. The molecule has 7 nitrogen and oxygen atoms in total. The second kappa shape index (κ2) is 9.33. The van der Waals surface area contributed by atoms with Gasteiger partial charge >= 0.3 is 0 Å². The van der Waals surface area contributed by atoms with Gasteiger partial charge in [-0.15, -0.1) is 0 Å². The number of amides is 2. The van der Waals surface area contributed by atoms with Crippen LogP contribution in [0.1, 0.15) is 45.9 Å². The molecule has 0 radical (unpaired) electrons. The summed E-state index contributed by atoms with van der Waals surface area (Å²) in [7, 11) is 3.19. The van der Waals surface area contributed by atoms with Gasteiger partial charge in [0.2, 0.25) is 5.91 Å². The van der Waals surface area contributed by atoms with Crippen LogP contribution in [0, 0.1) is 0 Å². The topological polar surface area (TPSA) is 77.1 Å².